The molecular formula is C23H24N4O2S. The third kappa shape index (κ3) is 2.97. The van der Waals surface area contributed by atoms with Crippen molar-refractivity contribution in [2.75, 3.05) is 24.5 Å². The van der Waals surface area contributed by atoms with Gasteiger partial charge in [0.1, 0.15) is 11.3 Å². The molecule has 1 saturated heterocycles. The van der Waals surface area contributed by atoms with Gasteiger partial charge in [0.15, 0.2) is 0 Å². The quantitative estimate of drug-likeness (QED) is 0.549. The van der Waals surface area contributed by atoms with E-state index in [9.17, 15) is 8.42 Å². The molecule has 1 aliphatic heterocycles. The smallest absolute Gasteiger partial charge is 0.270 e. The minimum atomic E-state index is -3.81. The molecule has 154 valence electrons. The molecule has 1 aromatic heterocycles. The SMILES string of the molecule is Cc1nc2c(N3CCN[C@@H](C)C3)cccc2n1S(=O)(=O)c1cccc2ccccc12. The van der Waals surface area contributed by atoms with Crippen molar-refractivity contribution in [3.8, 4) is 0 Å². The van der Waals surface area contributed by atoms with Crippen LogP contribution in [0.25, 0.3) is 21.8 Å². The van der Waals surface area contributed by atoms with Gasteiger partial charge in [0.05, 0.1) is 16.1 Å². The minimum absolute atomic E-state index is 0.296. The molecule has 0 spiro atoms. The number of aromatic nitrogens is 2. The van der Waals surface area contributed by atoms with Crippen molar-refractivity contribution in [3.05, 3.63) is 66.5 Å². The lowest BCUT2D eigenvalue weighted by Crippen LogP contribution is -2.49. The summed E-state index contributed by atoms with van der Waals surface area (Å²) in [6, 6.07) is 19.1. The number of hydrogen-bond donors (Lipinski definition) is 1. The fourth-order valence-corrected chi connectivity index (χ4v) is 6.11. The number of anilines is 1. The summed E-state index contributed by atoms with van der Waals surface area (Å²) in [7, 11) is -3.81. The molecule has 0 amide bonds. The van der Waals surface area contributed by atoms with Gasteiger partial charge in [-0.15, -0.1) is 0 Å². The summed E-state index contributed by atoms with van der Waals surface area (Å²) >= 11 is 0. The molecule has 7 heteroatoms. The van der Waals surface area contributed by atoms with Crippen LogP contribution in [-0.2, 0) is 10.0 Å². The molecule has 1 atom stereocenters. The molecule has 1 fully saturated rings. The lowest BCUT2D eigenvalue weighted by atomic mass is 10.1. The Kier molecular flexibility index (Phi) is 4.52. The maximum Gasteiger partial charge on any atom is 0.270 e. The van der Waals surface area contributed by atoms with Crippen LogP contribution in [0.1, 0.15) is 12.7 Å². The van der Waals surface area contributed by atoms with E-state index in [0.29, 0.717) is 27.7 Å². The molecule has 4 aromatic rings. The Bertz CT molecular complexity index is 1360. The Labute approximate surface area is 176 Å². The molecule has 0 unspecified atom stereocenters. The van der Waals surface area contributed by atoms with E-state index in [1.807, 2.05) is 48.5 Å². The molecule has 0 saturated carbocycles. The summed E-state index contributed by atoms with van der Waals surface area (Å²) in [6.07, 6.45) is 0. The first-order valence-corrected chi connectivity index (χ1v) is 11.6. The van der Waals surface area contributed by atoms with Gasteiger partial charge in [0.25, 0.3) is 10.0 Å². The summed E-state index contributed by atoms with van der Waals surface area (Å²) in [5, 5.41) is 5.06. The van der Waals surface area contributed by atoms with Crippen molar-refractivity contribution < 1.29 is 8.42 Å². The molecule has 0 aliphatic carbocycles. The first-order valence-electron chi connectivity index (χ1n) is 10.2. The van der Waals surface area contributed by atoms with E-state index in [-0.39, 0.29) is 0 Å². The van der Waals surface area contributed by atoms with Crippen LogP contribution in [0.15, 0.2) is 65.6 Å². The van der Waals surface area contributed by atoms with Crippen molar-refractivity contribution in [2.45, 2.75) is 24.8 Å². The average Bonchev–Trinajstić information content (AvgIpc) is 3.09. The zero-order chi connectivity index (χ0) is 20.9. The summed E-state index contributed by atoms with van der Waals surface area (Å²) in [6.45, 7) is 6.53. The second-order valence-corrected chi connectivity index (χ2v) is 9.61. The molecular weight excluding hydrogens is 396 g/mol. The molecule has 1 N–H and O–H groups in total. The number of piperazine rings is 1. The number of rotatable bonds is 3. The summed E-state index contributed by atoms with van der Waals surface area (Å²) in [5.41, 5.74) is 2.33. The Balaban J connectivity index is 1.71. The van der Waals surface area contributed by atoms with Gasteiger partial charge in [-0.3, -0.25) is 0 Å². The van der Waals surface area contributed by atoms with Crippen molar-refractivity contribution in [2.24, 2.45) is 0 Å². The summed E-state index contributed by atoms with van der Waals surface area (Å²) < 4.78 is 29.0. The number of benzene rings is 3. The molecule has 0 bridgehead atoms. The van der Waals surface area contributed by atoms with Crippen LogP contribution in [0.3, 0.4) is 0 Å². The number of hydrogen-bond acceptors (Lipinski definition) is 5. The average molecular weight is 421 g/mol. The Morgan fingerprint density at radius 1 is 1.03 bits per heavy atom. The van der Waals surface area contributed by atoms with Gasteiger partial charge in [-0.05, 0) is 37.4 Å². The number of nitrogens with one attached hydrogen (secondary N) is 1. The van der Waals surface area contributed by atoms with E-state index in [1.165, 1.54) is 3.97 Å². The molecule has 1 aliphatic rings. The zero-order valence-corrected chi connectivity index (χ0v) is 17.9. The summed E-state index contributed by atoms with van der Waals surface area (Å²) in [4.78, 5) is 7.28. The highest BCUT2D eigenvalue weighted by Crippen LogP contribution is 2.32. The predicted octanol–water partition coefficient (Wildman–Crippen LogP) is 3.53. The highest BCUT2D eigenvalue weighted by atomic mass is 32.2. The second kappa shape index (κ2) is 7.11. The van der Waals surface area contributed by atoms with Crippen LogP contribution in [0, 0.1) is 6.92 Å². The second-order valence-electron chi connectivity index (χ2n) is 7.85. The standard InChI is InChI=1S/C23H24N4O2S/c1-16-15-26(14-13-24-16)20-10-6-11-21-23(20)25-17(2)27(21)30(28,29)22-12-5-8-18-7-3-4-9-19(18)22/h3-12,16,24H,13-15H2,1-2H3/t16-/m0/s1. The number of nitrogens with zero attached hydrogens (tertiary/aromatic N) is 3. The number of fused-ring (bicyclic) bond motifs is 2. The molecule has 0 radical (unpaired) electrons. The van der Waals surface area contributed by atoms with Gasteiger partial charge in [-0.25, -0.2) is 17.4 Å². The Morgan fingerprint density at radius 2 is 1.80 bits per heavy atom. The largest absolute Gasteiger partial charge is 0.367 e. The van der Waals surface area contributed by atoms with Crippen LogP contribution in [0.2, 0.25) is 0 Å². The van der Waals surface area contributed by atoms with Gasteiger partial charge in [-0.1, -0.05) is 42.5 Å². The minimum Gasteiger partial charge on any atom is -0.367 e. The summed E-state index contributed by atoms with van der Waals surface area (Å²) in [5.74, 6) is 0.466. The van der Waals surface area contributed by atoms with Gasteiger partial charge in [0, 0.05) is 31.1 Å². The normalized spacial score (nSPS) is 17.7. The lowest BCUT2D eigenvalue weighted by Gasteiger charge is -2.33. The molecule has 6 nitrogen and oxygen atoms in total. The highest BCUT2D eigenvalue weighted by molar-refractivity contribution is 7.90. The van der Waals surface area contributed by atoms with E-state index < -0.39 is 10.0 Å². The van der Waals surface area contributed by atoms with E-state index >= 15 is 0 Å². The zero-order valence-electron chi connectivity index (χ0n) is 17.0. The van der Waals surface area contributed by atoms with Gasteiger partial charge < -0.3 is 10.2 Å². The monoisotopic (exact) mass is 420 g/mol. The lowest BCUT2D eigenvalue weighted by molar-refractivity contribution is 0.485. The van der Waals surface area contributed by atoms with E-state index in [4.69, 9.17) is 4.98 Å². The third-order valence-corrected chi connectivity index (χ3v) is 7.61. The molecule has 30 heavy (non-hydrogen) atoms. The van der Waals surface area contributed by atoms with Gasteiger partial charge >= 0.3 is 0 Å². The fraction of sp³-hybridized carbons (Fsp3) is 0.261. The van der Waals surface area contributed by atoms with Crippen LogP contribution >= 0.6 is 0 Å². The van der Waals surface area contributed by atoms with Gasteiger partial charge in [-0.2, -0.15) is 0 Å². The molecule has 2 heterocycles. The van der Waals surface area contributed by atoms with Crippen molar-refractivity contribution in [1.82, 2.24) is 14.3 Å². The van der Waals surface area contributed by atoms with Crippen molar-refractivity contribution in [3.63, 3.8) is 0 Å². The van der Waals surface area contributed by atoms with Crippen LogP contribution in [0.4, 0.5) is 5.69 Å². The first kappa shape index (κ1) is 19.1. The third-order valence-electron chi connectivity index (χ3n) is 5.76. The molecule has 5 rings (SSSR count). The molecule has 3 aromatic carbocycles. The Hall–Kier alpha value is -2.90. The van der Waals surface area contributed by atoms with Crippen LogP contribution < -0.4 is 10.2 Å². The van der Waals surface area contributed by atoms with E-state index in [1.54, 1.807) is 19.1 Å². The first-order chi connectivity index (χ1) is 14.5. The maximum absolute atomic E-state index is 13.8. The topological polar surface area (TPSA) is 67.2 Å². The van der Waals surface area contributed by atoms with Crippen molar-refractivity contribution in [1.29, 1.82) is 0 Å². The van der Waals surface area contributed by atoms with E-state index in [2.05, 4.69) is 17.1 Å². The highest BCUT2D eigenvalue weighted by Gasteiger charge is 2.27. The van der Waals surface area contributed by atoms with Crippen LogP contribution in [0.5, 0.6) is 0 Å². The van der Waals surface area contributed by atoms with Crippen LogP contribution in [-0.4, -0.2) is 43.1 Å². The predicted molar refractivity (Wildman–Crippen MR) is 121 cm³/mol. The number of imidazole rings is 1. The fourth-order valence-electron chi connectivity index (χ4n) is 4.41. The Morgan fingerprint density at radius 3 is 2.63 bits per heavy atom. The van der Waals surface area contributed by atoms with Crippen molar-refractivity contribution >= 4 is 37.5 Å². The number of aryl methyl sites for hydroxylation is 1. The van der Waals surface area contributed by atoms with E-state index in [0.717, 1.165) is 36.2 Å². The maximum atomic E-state index is 13.8. The van der Waals surface area contributed by atoms with Gasteiger partial charge in [0.2, 0.25) is 0 Å². The number of para-hydroxylation sites is 1.